The number of hydrogen-bond acceptors (Lipinski definition) is 5. The zero-order chi connectivity index (χ0) is 16.3. The molecule has 1 aromatic heterocycles. The molecule has 0 bridgehead atoms. The molecule has 0 aliphatic carbocycles. The quantitative estimate of drug-likeness (QED) is 0.925. The van der Waals surface area contributed by atoms with Gasteiger partial charge in [-0.1, -0.05) is 18.5 Å². The predicted molar refractivity (Wildman–Crippen MR) is 83.1 cm³/mol. The molecule has 0 unspecified atom stereocenters. The Morgan fingerprint density at radius 2 is 2.05 bits per heavy atom. The standard InChI is InChI=1S/C14H13ClN4O2S/c1-3-11-7-14(18-9(2)17-11)19-22(20,21)13-5-4-10(8-16)6-12(13)15/h4-7H,3H2,1-2H3,(H,17,18,19). The van der Waals surface area contributed by atoms with Gasteiger partial charge < -0.3 is 0 Å². The third-order valence-electron chi connectivity index (χ3n) is 2.84. The summed E-state index contributed by atoms with van der Waals surface area (Å²) in [5.74, 6) is 0.660. The van der Waals surface area contributed by atoms with Gasteiger partial charge in [-0.2, -0.15) is 5.26 Å². The van der Waals surface area contributed by atoms with E-state index in [1.165, 1.54) is 18.2 Å². The van der Waals surface area contributed by atoms with Gasteiger partial charge in [0.1, 0.15) is 16.5 Å². The van der Waals surface area contributed by atoms with Crippen LogP contribution in [0.15, 0.2) is 29.2 Å². The third kappa shape index (κ3) is 3.53. The number of nitriles is 1. The lowest BCUT2D eigenvalue weighted by Gasteiger charge is -2.10. The Morgan fingerprint density at radius 1 is 1.32 bits per heavy atom. The maximum absolute atomic E-state index is 12.4. The molecule has 0 atom stereocenters. The van der Waals surface area contributed by atoms with Crippen molar-refractivity contribution in [3.05, 3.63) is 46.4 Å². The second-order valence-electron chi connectivity index (χ2n) is 4.51. The van der Waals surface area contributed by atoms with E-state index in [0.29, 0.717) is 12.2 Å². The first-order chi connectivity index (χ1) is 10.4. The van der Waals surface area contributed by atoms with Gasteiger partial charge in [-0.25, -0.2) is 18.4 Å². The molecule has 0 aliphatic heterocycles. The fourth-order valence-corrected chi connectivity index (χ4v) is 3.38. The first-order valence-electron chi connectivity index (χ1n) is 6.42. The Kier molecular flexibility index (Phi) is 4.64. The van der Waals surface area contributed by atoms with Crippen LogP contribution in [0, 0.1) is 18.3 Å². The van der Waals surface area contributed by atoms with E-state index in [0.717, 1.165) is 5.69 Å². The van der Waals surface area contributed by atoms with Crippen LogP contribution < -0.4 is 4.72 Å². The van der Waals surface area contributed by atoms with E-state index in [1.807, 2.05) is 13.0 Å². The van der Waals surface area contributed by atoms with Crippen LogP contribution in [0.25, 0.3) is 0 Å². The second-order valence-corrected chi connectivity index (χ2v) is 6.57. The average Bonchev–Trinajstić information content (AvgIpc) is 2.45. The number of rotatable bonds is 4. The van der Waals surface area contributed by atoms with Crippen LogP contribution in [-0.4, -0.2) is 18.4 Å². The summed E-state index contributed by atoms with van der Waals surface area (Å²) in [6.07, 6.45) is 0.662. The fourth-order valence-electron chi connectivity index (χ4n) is 1.84. The van der Waals surface area contributed by atoms with Crippen LogP contribution in [0.2, 0.25) is 5.02 Å². The van der Waals surface area contributed by atoms with E-state index in [-0.39, 0.29) is 21.3 Å². The molecule has 0 aliphatic rings. The first kappa shape index (κ1) is 16.2. The van der Waals surface area contributed by atoms with E-state index in [2.05, 4.69) is 14.7 Å². The number of benzene rings is 1. The summed E-state index contributed by atoms with van der Waals surface area (Å²) in [6.45, 7) is 3.60. The molecular weight excluding hydrogens is 324 g/mol. The number of nitrogens with one attached hydrogen (secondary N) is 1. The number of sulfonamides is 1. The molecule has 2 aromatic rings. The molecule has 22 heavy (non-hydrogen) atoms. The number of aromatic nitrogens is 2. The topological polar surface area (TPSA) is 95.7 Å². The molecule has 0 radical (unpaired) electrons. The van der Waals surface area contributed by atoms with Crippen molar-refractivity contribution in [2.24, 2.45) is 0 Å². The SMILES string of the molecule is CCc1cc(NS(=O)(=O)c2ccc(C#N)cc2Cl)nc(C)n1. The van der Waals surface area contributed by atoms with Crippen molar-refractivity contribution < 1.29 is 8.42 Å². The van der Waals surface area contributed by atoms with Crippen LogP contribution in [0.5, 0.6) is 0 Å². The summed E-state index contributed by atoms with van der Waals surface area (Å²) >= 11 is 5.95. The number of nitrogens with zero attached hydrogens (tertiary/aromatic N) is 3. The highest BCUT2D eigenvalue weighted by Crippen LogP contribution is 2.24. The summed E-state index contributed by atoms with van der Waals surface area (Å²) < 4.78 is 27.2. The molecule has 8 heteroatoms. The summed E-state index contributed by atoms with van der Waals surface area (Å²) in [4.78, 5) is 8.14. The monoisotopic (exact) mass is 336 g/mol. The molecular formula is C14H13ClN4O2S. The molecule has 6 nitrogen and oxygen atoms in total. The summed E-state index contributed by atoms with van der Waals surface area (Å²) in [5, 5.41) is 8.77. The lowest BCUT2D eigenvalue weighted by atomic mass is 10.2. The fraction of sp³-hybridized carbons (Fsp3) is 0.214. The Morgan fingerprint density at radius 3 is 2.64 bits per heavy atom. The molecule has 0 amide bonds. The molecule has 2 rings (SSSR count). The van der Waals surface area contributed by atoms with Crippen molar-refractivity contribution in [3.8, 4) is 6.07 Å². The molecule has 1 N–H and O–H groups in total. The maximum atomic E-state index is 12.4. The zero-order valence-electron chi connectivity index (χ0n) is 12.0. The van der Waals surface area contributed by atoms with Gasteiger partial charge in [-0.15, -0.1) is 0 Å². The van der Waals surface area contributed by atoms with Gasteiger partial charge in [0.15, 0.2) is 0 Å². The number of aryl methyl sites for hydroxylation is 2. The third-order valence-corrected chi connectivity index (χ3v) is 4.68. The molecule has 0 spiro atoms. The molecule has 1 heterocycles. The Hall–Kier alpha value is -2.17. The normalized spacial score (nSPS) is 11.0. The Balaban J connectivity index is 2.40. The number of anilines is 1. The van der Waals surface area contributed by atoms with Crippen LogP contribution in [0.3, 0.4) is 0 Å². The molecule has 0 saturated heterocycles. The summed E-state index contributed by atoms with van der Waals surface area (Å²) in [6, 6.07) is 7.46. The summed E-state index contributed by atoms with van der Waals surface area (Å²) in [7, 11) is -3.89. The van der Waals surface area contributed by atoms with Gasteiger partial charge in [-0.3, -0.25) is 4.72 Å². The second kappa shape index (κ2) is 6.30. The largest absolute Gasteiger partial charge is 0.264 e. The molecule has 114 valence electrons. The molecule has 0 fully saturated rings. The highest BCUT2D eigenvalue weighted by molar-refractivity contribution is 7.92. The van der Waals surface area contributed by atoms with E-state index in [4.69, 9.17) is 16.9 Å². The first-order valence-corrected chi connectivity index (χ1v) is 8.29. The molecule has 1 aromatic carbocycles. The Bertz CT molecular complexity index is 860. The highest BCUT2D eigenvalue weighted by atomic mass is 35.5. The minimum atomic E-state index is -3.89. The zero-order valence-corrected chi connectivity index (χ0v) is 13.5. The highest BCUT2D eigenvalue weighted by Gasteiger charge is 2.19. The molecule has 0 saturated carbocycles. The predicted octanol–water partition coefficient (Wildman–Crippen LogP) is 2.67. The number of halogens is 1. The van der Waals surface area contributed by atoms with Crippen molar-refractivity contribution in [3.63, 3.8) is 0 Å². The van der Waals surface area contributed by atoms with E-state index in [9.17, 15) is 8.42 Å². The van der Waals surface area contributed by atoms with Crippen LogP contribution >= 0.6 is 11.6 Å². The van der Waals surface area contributed by atoms with Gasteiger partial charge in [-0.05, 0) is 31.5 Å². The van der Waals surface area contributed by atoms with Gasteiger partial charge in [0.25, 0.3) is 10.0 Å². The van der Waals surface area contributed by atoms with E-state index >= 15 is 0 Å². The summed E-state index contributed by atoms with van der Waals surface area (Å²) in [5.41, 5.74) is 1.02. The van der Waals surface area contributed by atoms with Crippen LogP contribution in [0.4, 0.5) is 5.82 Å². The van der Waals surface area contributed by atoms with Crippen LogP contribution in [0.1, 0.15) is 24.0 Å². The maximum Gasteiger partial charge on any atom is 0.264 e. The van der Waals surface area contributed by atoms with Crippen molar-refractivity contribution in [1.29, 1.82) is 5.26 Å². The lowest BCUT2D eigenvalue weighted by molar-refractivity contribution is 0.601. The van der Waals surface area contributed by atoms with Crippen molar-refractivity contribution in [2.45, 2.75) is 25.2 Å². The van der Waals surface area contributed by atoms with Gasteiger partial charge in [0, 0.05) is 11.8 Å². The van der Waals surface area contributed by atoms with E-state index in [1.54, 1.807) is 13.0 Å². The van der Waals surface area contributed by atoms with Gasteiger partial charge in [0.05, 0.1) is 16.7 Å². The van der Waals surface area contributed by atoms with E-state index < -0.39 is 10.0 Å². The Labute approximate surface area is 133 Å². The average molecular weight is 337 g/mol. The number of hydrogen-bond donors (Lipinski definition) is 1. The van der Waals surface area contributed by atoms with Gasteiger partial charge in [0.2, 0.25) is 0 Å². The van der Waals surface area contributed by atoms with Crippen molar-refractivity contribution >= 4 is 27.4 Å². The minimum Gasteiger partial charge on any atom is -0.263 e. The lowest BCUT2D eigenvalue weighted by Crippen LogP contribution is -2.15. The minimum absolute atomic E-state index is 0.0203. The van der Waals surface area contributed by atoms with Crippen molar-refractivity contribution in [2.75, 3.05) is 4.72 Å². The van der Waals surface area contributed by atoms with Gasteiger partial charge >= 0.3 is 0 Å². The smallest absolute Gasteiger partial charge is 0.263 e. The van der Waals surface area contributed by atoms with Crippen molar-refractivity contribution in [1.82, 2.24) is 9.97 Å². The van der Waals surface area contributed by atoms with Crippen LogP contribution in [-0.2, 0) is 16.4 Å².